The van der Waals surface area contributed by atoms with Crippen LogP contribution in [0.2, 0.25) is 0 Å². The molecular weight excluding hydrogens is 288 g/mol. The lowest BCUT2D eigenvalue weighted by molar-refractivity contribution is 0.216. The zero-order chi connectivity index (χ0) is 15.0. The van der Waals surface area contributed by atoms with E-state index < -0.39 is 9.84 Å². The fraction of sp³-hybridized carbons (Fsp3) is 0.250. The Morgan fingerprint density at radius 1 is 1.10 bits per heavy atom. The predicted molar refractivity (Wildman–Crippen MR) is 78.8 cm³/mol. The van der Waals surface area contributed by atoms with Gasteiger partial charge in [0, 0.05) is 6.07 Å². The van der Waals surface area contributed by atoms with E-state index >= 15 is 0 Å². The minimum atomic E-state index is -3.53. The van der Waals surface area contributed by atoms with Gasteiger partial charge in [-0.3, -0.25) is 0 Å². The molecule has 2 aromatic rings. The van der Waals surface area contributed by atoms with Crippen LogP contribution in [0.15, 0.2) is 52.3 Å². The lowest BCUT2D eigenvalue weighted by Gasteiger charge is -2.21. The molecule has 3 rings (SSSR count). The Morgan fingerprint density at radius 3 is 2.57 bits per heavy atom. The number of benzene rings is 2. The molecule has 0 unspecified atom stereocenters. The average molecular weight is 304 g/mol. The zero-order valence-corrected chi connectivity index (χ0v) is 12.7. The molecule has 0 aliphatic carbocycles. The maximum absolute atomic E-state index is 12.6. The Hall–Kier alpha value is -2.01. The smallest absolute Gasteiger partial charge is 0.213 e. The Balaban J connectivity index is 2.06. The summed E-state index contributed by atoms with van der Waals surface area (Å²) in [5, 5.41) is 0. The Morgan fingerprint density at radius 2 is 1.81 bits per heavy atom. The van der Waals surface area contributed by atoms with E-state index in [4.69, 9.17) is 9.47 Å². The minimum absolute atomic E-state index is 0.0653. The summed E-state index contributed by atoms with van der Waals surface area (Å²) < 4.78 is 36.5. The third-order valence-electron chi connectivity index (χ3n) is 3.48. The molecule has 1 atom stereocenters. The lowest BCUT2D eigenvalue weighted by atomic mass is 10.3. The third kappa shape index (κ3) is 2.38. The van der Waals surface area contributed by atoms with Crippen LogP contribution in [0, 0.1) is 0 Å². The SMILES string of the molecule is CC[C@@H](C)Oc1ccc2c(c1)Oc1ccccc1S2(=O)=O. The van der Waals surface area contributed by atoms with Crippen LogP contribution in [0.5, 0.6) is 17.2 Å². The highest BCUT2D eigenvalue weighted by Gasteiger charge is 2.31. The third-order valence-corrected chi connectivity index (χ3v) is 5.31. The van der Waals surface area contributed by atoms with Crippen molar-refractivity contribution in [3.05, 3.63) is 42.5 Å². The van der Waals surface area contributed by atoms with Crippen molar-refractivity contribution >= 4 is 9.84 Å². The maximum atomic E-state index is 12.6. The summed E-state index contributed by atoms with van der Waals surface area (Å²) in [7, 11) is -3.53. The first kappa shape index (κ1) is 13.9. The van der Waals surface area contributed by atoms with Gasteiger partial charge in [0.25, 0.3) is 0 Å². The molecule has 21 heavy (non-hydrogen) atoms. The highest BCUT2D eigenvalue weighted by molar-refractivity contribution is 7.91. The molecular formula is C16H16O4S. The monoisotopic (exact) mass is 304 g/mol. The molecule has 0 bridgehead atoms. The van der Waals surface area contributed by atoms with E-state index in [1.165, 1.54) is 0 Å². The number of fused-ring (bicyclic) bond motifs is 2. The summed E-state index contributed by atoms with van der Waals surface area (Å²) in [4.78, 5) is 0.380. The van der Waals surface area contributed by atoms with Crippen molar-refractivity contribution in [2.75, 3.05) is 0 Å². The highest BCUT2D eigenvalue weighted by Crippen LogP contribution is 2.43. The van der Waals surface area contributed by atoms with Crippen LogP contribution in [0.3, 0.4) is 0 Å². The first-order valence-corrected chi connectivity index (χ1v) is 8.33. The molecule has 4 nitrogen and oxygen atoms in total. The second-order valence-corrected chi connectivity index (χ2v) is 6.88. The first-order valence-electron chi connectivity index (χ1n) is 6.85. The van der Waals surface area contributed by atoms with E-state index in [0.717, 1.165) is 6.42 Å². The van der Waals surface area contributed by atoms with E-state index in [2.05, 4.69) is 0 Å². The summed E-state index contributed by atoms with van der Waals surface area (Å²) in [5.74, 6) is 1.28. The van der Waals surface area contributed by atoms with Gasteiger partial charge in [-0.05, 0) is 37.6 Å². The van der Waals surface area contributed by atoms with Gasteiger partial charge in [-0.15, -0.1) is 0 Å². The fourth-order valence-corrected chi connectivity index (χ4v) is 3.65. The topological polar surface area (TPSA) is 52.6 Å². The Bertz CT molecular complexity index is 781. The molecule has 0 amide bonds. The van der Waals surface area contributed by atoms with E-state index in [9.17, 15) is 8.42 Å². The van der Waals surface area contributed by atoms with Gasteiger partial charge in [-0.2, -0.15) is 0 Å². The molecule has 0 saturated carbocycles. The molecule has 0 N–H and O–H groups in total. The highest BCUT2D eigenvalue weighted by atomic mass is 32.2. The van der Waals surface area contributed by atoms with E-state index in [0.29, 0.717) is 17.2 Å². The maximum Gasteiger partial charge on any atom is 0.213 e. The lowest BCUT2D eigenvalue weighted by Crippen LogP contribution is -2.13. The summed E-state index contributed by atoms with van der Waals surface area (Å²) in [6.45, 7) is 3.99. The fourth-order valence-electron chi connectivity index (χ4n) is 2.17. The van der Waals surface area contributed by atoms with Crippen molar-refractivity contribution in [2.24, 2.45) is 0 Å². The molecule has 0 radical (unpaired) electrons. The van der Waals surface area contributed by atoms with Crippen LogP contribution in [-0.4, -0.2) is 14.5 Å². The van der Waals surface area contributed by atoms with Gasteiger partial charge in [0.15, 0.2) is 0 Å². The Labute approximate surface area is 124 Å². The van der Waals surface area contributed by atoms with Gasteiger partial charge in [0.1, 0.15) is 27.0 Å². The molecule has 1 heterocycles. The second-order valence-electron chi connectivity index (χ2n) is 5.00. The predicted octanol–water partition coefficient (Wildman–Crippen LogP) is 3.80. The molecule has 110 valence electrons. The second kappa shape index (κ2) is 5.07. The molecule has 1 aliphatic heterocycles. The molecule has 1 aliphatic rings. The molecule has 2 aromatic carbocycles. The van der Waals surface area contributed by atoms with E-state index in [1.807, 2.05) is 13.8 Å². The summed E-state index contributed by atoms with van der Waals surface area (Å²) in [5.41, 5.74) is 0. The molecule has 5 heteroatoms. The largest absolute Gasteiger partial charge is 0.491 e. The average Bonchev–Trinajstić information content (AvgIpc) is 2.47. The van der Waals surface area contributed by atoms with Crippen molar-refractivity contribution < 1.29 is 17.9 Å². The van der Waals surface area contributed by atoms with Gasteiger partial charge < -0.3 is 9.47 Å². The molecule has 0 spiro atoms. The van der Waals surface area contributed by atoms with Crippen LogP contribution >= 0.6 is 0 Å². The van der Waals surface area contributed by atoms with E-state index in [1.54, 1.807) is 42.5 Å². The van der Waals surface area contributed by atoms with Gasteiger partial charge in [-0.1, -0.05) is 19.1 Å². The molecule has 0 aromatic heterocycles. The van der Waals surface area contributed by atoms with Gasteiger partial charge >= 0.3 is 0 Å². The Kier molecular flexibility index (Phi) is 3.37. The van der Waals surface area contributed by atoms with Gasteiger partial charge in [0.05, 0.1) is 6.10 Å². The normalized spacial score (nSPS) is 16.3. The number of ether oxygens (including phenoxy) is 2. The van der Waals surface area contributed by atoms with Crippen LogP contribution in [0.4, 0.5) is 0 Å². The van der Waals surface area contributed by atoms with E-state index in [-0.39, 0.29) is 15.9 Å². The van der Waals surface area contributed by atoms with Crippen molar-refractivity contribution in [3.63, 3.8) is 0 Å². The number of hydrogen-bond donors (Lipinski definition) is 0. The van der Waals surface area contributed by atoms with Crippen LogP contribution in [0.25, 0.3) is 0 Å². The van der Waals surface area contributed by atoms with Crippen LogP contribution in [-0.2, 0) is 9.84 Å². The molecule has 0 saturated heterocycles. The van der Waals surface area contributed by atoms with Crippen LogP contribution < -0.4 is 9.47 Å². The van der Waals surface area contributed by atoms with Gasteiger partial charge in [0.2, 0.25) is 9.84 Å². The van der Waals surface area contributed by atoms with Crippen molar-refractivity contribution in [1.82, 2.24) is 0 Å². The summed E-state index contributed by atoms with van der Waals surface area (Å²) in [6.07, 6.45) is 0.939. The summed E-state index contributed by atoms with van der Waals surface area (Å²) in [6, 6.07) is 11.5. The standard InChI is InChI=1S/C16H16O4S/c1-3-11(2)19-12-8-9-16-14(10-12)20-13-6-4-5-7-15(13)21(16,17)18/h4-11H,3H2,1-2H3/t11-/m1/s1. The number of hydrogen-bond acceptors (Lipinski definition) is 4. The van der Waals surface area contributed by atoms with Crippen molar-refractivity contribution in [3.8, 4) is 17.2 Å². The molecule has 0 fully saturated rings. The van der Waals surface area contributed by atoms with Gasteiger partial charge in [-0.25, -0.2) is 8.42 Å². The minimum Gasteiger partial charge on any atom is -0.491 e. The number of sulfone groups is 1. The van der Waals surface area contributed by atoms with Crippen molar-refractivity contribution in [1.29, 1.82) is 0 Å². The number of rotatable bonds is 3. The summed E-state index contributed by atoms with van der Waals surface area (Å²) >= 11 is 0. The van der Waals surface area contributed by atoms with Crippen molar-refractivity contribution in [2.45, 2.75) is 36.2 Å². The number of para-hydroxylation sites is 1. The van der Waals surface area contributed by atoms with Crippen LogP contribution in [0.1, 0.15) is 20.3 Å². The zero-order valence-electron chi connectivity index (χ0n) is 11.9. The first-order chi connectivity index (χ1) is 10.0. The quantitative estimate of drug-likeness (QED) is 0.738.